The van der Waals surface area contributed by atoms with E-state index in [1.54, 1.807) is 0 Å². The highest BCUT2D eigenvalue weighted by molar-refractivity contribution is 14.0. The summed E-state index contributed by atoms with van der Waals surface area (Å²) in [6.07, 6.45) is 7.58. The van der Waals surface area contributed by atoms with E-state index in [9.17, 15) is 0 Å². The number of hydrogen-bond donors (Lipinski definition) is 2. The molecule has 2 aliphatic heterocycles. The monoisotopic (exact) mass is 505 g/mol. The maximum Gasteiger partial charge on any atom is 0.191 e. The first-order valence-corrected chi connectivity index (χ1v) is 11.3. The third kappa shape index (κ3) is 7.77. The molecule has 27 heavy (non-hydrogen) atoms. The van der Waals surface area contributed by atoms with Gasteiger partial charge in [0.05, 0.1) is 5.00 Å². The van der Waals surface area contributed by atoms with Gasteiger partial charge in [0.15, 0.2) is 5.96 Å². The van der Waals surface area contributed by atoms with Crippen molar-refractivity contribution in [3.63, 3.8) is 0 Å². The van der Waals surface area contributed by atoms with Crippen LogP contribution >= 0.6 is 35.3 Å². The minimum atomic E-state index is 0. The molecule has 1 aromatic heterocycles. The van der Waals surface area contributed by atoms with Crippen LogP contribution < -0.4 is 15.5 Å². The van der Waals surface area contributed by atoms with E-state index in [1.165, 1.54) is 63.2 Å². The standard InChI is InChI=1S/C20H35N5S.HI/c1-2-21-20(22-11-3-4-12-24-13-5-6-14-24)23-18-9-15-25(16-10-18)19-8-7-17-26-19;/h7-8,17-18H,2-6,9-16H2,1H3,(H2,21,22,23);1H. The van der Waals surface area contributed by atoms with Crippen LogP contribution in [0.2, 0.25) is 0 Å². The minimum absolute atomic E-state index is 0. The molecule has 2 N–H and O–H groups in total. The fraction of sp³-hybridized carbons (Fsp3) is 0.750. The summed E-state index contributed by atoms with van der Waals surface area (Å²) in [5.41, 5.74) is 0. The average molecular weight is 506 g/mol. The van der Waals surface area contributed by atoms with Gasteiger partial charge in [0, 0.05) is 32.2 Å². The van der Waals surface area contributed by atoms with Crippen LogP contribution in [0.15, 0.2) is 22.5 Å². The van der Waals surface area contributed by atoms with Crippen LogP contribution in [0.3, 0.4) is 0 Å². The Morgan fingerprint density at radius 1 is 1.19 bits per heavy atom. The van der Waals surface area contributed by atoms with Gasteiger partial charge >= 0.3 is 0 Å². The van der Waals surface area contributed by atoms with Gasteiger partial charge in [-0.2, -0.15) is 0 Å². The predicted octanol–water partition coefficient (Wildman–Crippen LogP) is 3.77. The van der Waals surface area contributed by atoms with Gasteiger partial charge in [0.25, 0.3) is 0 Å². The molecule has 2 fully saturated rings. The van der Waals surface area contributed by atoms with Gasteiger partial charge in [0.1, 0.15) is 0 Å². The Morgan fingerprint density at radius 3 is 2.63 bits per heavy atom. The first-order chi connectivity index (χ1) is 12.8. The predicted molar refractivity (Wildman–Crippen MR) is 129 cm³/mol. The Labute approximate surface area is 186 Å². The maximum absolute atomic E-state index is 4.80. The number of unbranched alkanes of at least 4 members (excludes halogenated alkanes) is 1. The number of rotatable bonds is 8. The lowest BCUT2D eigenvalue weighted by Gasteiger charge is -2.33. The lowest BCUT2D eigenvalue weighted by molar-refractivity contribution is 0.331. The second-order valence-corrected chi connectivity index (χ2v) is 8.30. The van der Waals surface area contributed by atoms with Crippen molar-refractivity contribution in [2.75, 3.05) is 50.7 Å². The molecule has 7 heteroatoms. The third-order valence-electron chi connectivity index (χ3n) is 5.35. The Balaban J connectivity index is 0.00000261. The number of thiophene rings is 1. The number of piperidine rings is 1. The van der Waals surface area contributed by atoms with Crippen LogP contribution in [0, 0.1) is 0 Å². The van der Waals surface area contributed by atoms with E-state index in [0.29, 0.717) is 6.04 Å². The van der Waals surface area contributed by atoms with Gasteiger partial charge in [-0.25, -0.2) is 0 Å². The fourth-order valence-electron chi connectivity index (χ4n) is 3.85. The molecule has 0 bridgehead atoms. The lowest BCUT2D eigenvalue weighted by Crippen LogP contribution is -2.48. The first-order valence-electron chi connectivity index (χ1n) is 10.4. The molecule has 0 aliphatic carbocycles. The zero-order valence-electron chi connectivity index (χ0n) is 16.7. The van der Waals surface area contributed by atoms with Crippen molar-refractivity contribution in [2.24, 2.45) is 4.99 Å². The average Bonchev–Trinajstić information content (AvgIpc) is 3.36. The second-order valence-electron chi connectivity index (χ2n) is 7.37. The molecular weight excluding hydrogens is 469 g/mol. The fourth-order valence-corrected chi connectivity index (χ4v) is 4.64. The van der Waals surface area contributed by atoms with Crippen LogP contribution in [-0.4, -0.2) is 62.7 Å². The van der Waals surface area contributed by atoms with Crippen molar-refractivity contribution in [2.45, 2.75) is 51.5 Å². The second kappa shape index (κ2) is 12.8. The van der Waals surface area contributed by atoms with Gasteiger partial charge < -0.3 is 20.4 Å². The van der Waals surface area contributed by atoms with Crippen molar-refractivity contribution in [3.05, 3.63) is 17.5 Å². The summed E-state index contributed by atoms with van der Waals surface area (Å²) in [6, 6.07) is 4.91. The number of guanidine groups is 1. The number of likely N-dealkylation sites (tertiary alicyclic amines) is 1. The molecular formula is C20H36IN5S. The molecule has 0 amide bonds. The summed E-state index contributed by atoms with van der Waals surface area (Å²) >= 11 is 1.84. The number of nitrogens with one attached hydrogen (secondary N) is 2. The lowest BCUT2D eigenvalue weighted by atomic mass is 10.1. The molecule has 0 atom stereocenters. The van der Waals surface area contributed by atoms with Crippen molar-refractivity contribution in [1.82, 2.24) is 15.5 Å². The van der Waals surface area contributed by atoms with E-state index < -0.39 is 0 Å². The Kier molecular flexibility index (Phi) is 10.8. The SMILES string of the molecule is CCNC(=NCCCCN1CCCC1)NC1CCN(c2cccs2)CC1.I. The van der Waals surface area contributed by atoms with Crippen LogP contribution in [-0.2, 0) is 0 Å². The van der Waals surface area contributed by atoms with E-state index in [0.717, 1.165) is 32.1 Å². The Hall–Kier alpha value is -0.540. The molecule has 0 aromatic carbocycles. The zero-order chi connectivity index (χ0) is 18.0. The van der Waals surface area contributed by atoms with Crippen molar-refractivity contribution in [3.8, 4) is 0 Å². The topological polar surface area (TPSA) is 42.9 Å². The number of nitrogens with zero attached hydrogens (tertiary/aromatic N) is 3. The van der Waals surface area contributed by atoms with E-state index in [4.69, 9.17) is 4.99 Å². The summed E-state index contributed by atoms with van der Waals surface area (Å²) in [7, 11) is 0. The highest BCUT2D eigenvalue weighted by atomic mass is 127. The zero-order valence-corrected chi connectivity index (χ0v) is 19.8. The summed E-state index contributed by atoms with van der Waals surface area (Å²) in [6.45, 7) is 10.1. The Bertz CT molecular complexity index is 522. The third-order valence-corrected chi connectivity index (χ3v) is 6.28. The number of halogens is 1. The van der Waals surface area contributed by atoms with E-state index in [1.807, 2.05) is 11.3 Å². The van der Waals surface area contributed by atoms with E-state index in [2.05, 4.69) is 44.9 Å². The molecule has 0 unspecified atom stereocenters. The number of anilines is 1. The van der Waals surface area contributed by atoms with Crippen molar-refractivity contribution in [1.29, 1.82) is 0 Å². The molecule has 3 heterocycles. The highest BCUT2D eigenvalue weighted by Gasteiger charge is 2.20. The van der Waals surface area contributed by atoms with Crippen molar-refractivity contribution < 1.29 is 0 Å². The Morgan fingerprint density at radius 2 is 1.96 bits per heavy atom. The van der Waals surface area contributed by atoms with Crippen LogP contribution in [0.4, 0.5) is 5.00 Å². The van der Waals surface area contributed by atoms with E-state index in [-0.39, 0.29) is 24.0 Å². The first kappa shape index (κ1) is 22.7. The van der Waals surface area contributed by atoms with Gasteiger partial charge in [-0.1, -0.05) is 0 Å². The van der Waals surface area contributed by atoms with Crippen molar-refractivity contribution >= 4 is 46.3 Å². The molecule has 0 spiro atoms. The van der Waals surface area contributed by atoms with Gasteiger partial charge in [-0.15, -0.1) is 35.3 Å². The summed E-state index contributed by atoms with van der Waals surface area (Å²) in [5.74, 6) is 1.00. The van der Waals surface area contributed by atoms with Crippen LogP contribution in [0.5, 0.6) is 0 Å². The molecule has 0 radical (unpaired) electrons. The highest BCUT2D eigenvalue weighted by Crippen LogP contribution is 2.24. The summed E-state index contributed by atoms with van der Waals surface area (Å²) < 4.78 is 0. The normalized spacial score (nSPS) is 19.1. The molecule has 2 saturated heterocycles. The van der Waals surface area contributed by atoms with Crippen LogP contribution in [0.1, 0.15) is 45.4 Å². The summed E-state index contributed by atoms with van der Waals surface area (Å²) in [5, 5.41) is 10.6. The molecule has 3 rings (SSSR count). The minimum Gasteiger partial charge on any atom is -0.363 e. The molecule has 1 aromatic rings. The maximum atomic E-state index is 4.80. The van der Waals surface area contributed by atoms with Gasteiger partial charge in [-0.3, -0.25) is 4.99 Å². The molecule has 154 valence electrons. The van der Waals surface area contributed by atoms with E-state index >= 15 is 0 Å². The molecule has 5 nitrogen and oxygen atoms in total. The van der Waals surface area contributed by atoms with Gasteiger partial charge in [-0.05, 0) is 82.6 Å². The molecule has 0 saturated carbocycles. The quantitative estimate of drug-likeness (QED) is 0.245. The summed E-state index contributed by atoms with van der Waals surface area (Å²) in [4.78, 5) is 9.90. The molecule has 2 aliphatic rings. The smallest absolute Gasteiger partial charge is 0.191 e. The number of hydrogen-bond acceptors (Lipinski definition) is 4. The van der Waals surface area contributed by atoms with Gasteiger partial charge in [0.2, 0.25) is 0 Å². The van der Waals surface area contributed by atoms with Crippen LogP contribution in [0.25, 0.3) is 0 Å². The largest absolute Gasteiger partial charge is 0.363 e. The number of aliphatic imine (C=N–C) groups is 1.